The molecule has 1 saturated heterocycles. The molecular formula is C27H28F2N2O. The van der Waals surface area contributed by atoms with Gasteiger partial charge in [-0.25, -0.2) is 8.78 Å². The fourth-order valence-corrected chi connectivity index (χ4v) is 4.49. The third kappa shape index (κ3) is 5.60. The van der Waals surface area contributed by atoms with E-state index in [1.165, 1.54) is 29.3 Å². The third-order valence-electron chi connectivity index (χ3n) is 6.14. The Morgan fingerprint density at radius 2 is 1.78 bits per heavy atom. The summed E-state index contributed by atoms with van der Waals surface area (Å²) in [6.45, 7) is 4.34. The van der Waals surface area contributed by atoms with Crippen LogP contribution in [0.15, 0.2) is 72.8 Å². The normalized spacial score (nSPS) is 19.0. The standard InChI is InChI=1S/C27H28F2N2O/c1-19-5-4-7-21(13-19)23-14-24(27(32)30-15-22-6-2-3-8-26(22)29)18-31(17-23)16-20-9-11-25(28)12-10-20/h2-13,23-24H,14-18H2,1H3,(H,30,32). The first-order chi connectivity index (χ1) is 15.5. The third-order valence-corrected chi connectivity index (χ3v) is 6.14. The molecule has 1 N–H and O–H groups in total. The number of nitrogens with zero attached hydrogens (tertiary/aromatic N) is 1. The number of amides is 1. The highest BCUT2D eigenvalue weighted by Gasteiger charge is 2.32. The van der Waals surface area contributed by atoms with Crippen molar-refractivity contribution in [2.75, 3.05) is 13.1 Å². The molecule has 4 rings (SSSR count). The number of halogens is 2. The first-order valence-electron chi connectivity index (χ1n) is 11.0. The molecule has 3 aromatic carbocycles. The topological polar surface area (TPSA) is 32.3 Å². The van der Waals surface area contributed by atoms with Gasteiger partial charge in [-0.15, -0.1) is 0 Å². The van der Waals surface area contributed by atoms with E-state index < -0.39 is 0 Å². The summed E-state index contributed by atoms with van der Waals surface area (Å²) in [5.74, 6) is -0.619. The molecule has 5 heteroatoms. The molecule has 0 aliphatic carbocycles. The van der Waals surface area contributed by atoms with Gasteiger partial charge < -0.3 is 5.32 Å². The van der Waals surface area contributed by atoms with Crippen LogP contribution in [0.3, 0.4) is 0 Å². The minimum atomic E-state index is -0.313. The molecule has 1 aliphatic heterocycles. The summed E-state index contributed by atoms with van der Waals surface area (Å²) in [6.07, 6.45) is 0.743. The van der Waals surface area contributed by atoms with Crippen molar-refractivity contribution in [2.24, 2.45) is 5.92 Å². The zero-order valence-corrected chi connectivity index (χ0v) is 18.2. The molecule has 1 fully saturated rings. The van der Waals surface area contributed by atoms with E-state index in [0.29, 0.717) is 18.7 Å². The number of carbonyl (C=O) groups is 1. The van der Waals surface area contributed by atoms with Crippen molar-refractivity contribution < 1.29 is 13.6 Å². The number of hydrogen-bond donors (Lipinski definition) is 1. The summed E-state index contributed by atoms with van der Waals surface area (Å²) in [5, 5.41) is 2.93. The molecule has 0 bridgehead atoms. The van der Waals surface area contributed by atoms with E-state index >= 15 is 0 Å². The summed E-state index contributed by atoms with van der Waals surface area (Å²) in [4.78, 5) is 15.3. The Morgan fingerprint density at radius 1 is 1.00 bits per heavy atom. The summed E-state index contributed by atoms with van der Waals surface area (Å²) in [6, 6.07) is 21.4. The van der Waals surface area contributed by atoms with E-state index in [0.717, 1.165) is 18.5 Å². The molecule has 2 atom stereocenters. The molecule has 0 radical (unpaired) electrons. The maximum absolute atomic E-state index is 14.0. The van der Waals surface area contributed by atoms with Gasteiger partial charge in [-0.2, -0.15) is 0 Å². The van der Waals surface area contributed by atoms with Gasteiger partial charge in [0, 0.05) is 31.7 Å². The van der Waals surface area contributed by atoms with Crippen LogP contribution in [0.4, 0.5) is 8.78 Å². The Labute approximate surface area is 188 Å². The average molecular weight is 435 g/mol. The zero-order chi connectivity index (χ0) is 22.5. The summed E-state index contributed by atoms with van der Waals surface area (Å²) < 4.78 is 27.3. The largest absolute Gasteiger partial charge is 0.352 e. The van der Waals surface area contributed by atoms with E-state index in [4.69, 9.17) is 0 Å². The highest BCUT2D eigenvalue weighted by atomic mass is 19.1. The van der Waals surface area contributed by atoms with Gasteiger partial charge in [-0.05, 0) is 48.6 Å². The van der Waals surface area contributed by atoms with Crippen LogP contribution < -0.4 is 5.32 Å². The lowest BCUT2D eigenvalue weighted by Gasteiger charge is -2.37. The minimum absolute atomic E-state index is 0.0605. The van der Waals surface area contributed by atoms with Crippen LogP contribution in [0.2, 0.25) is 0 Å². The van der Waals surface area contributed by atoms with Crippen LogP contribution in [0.25, 0.3) is 0 Å². The number of rotatable bonds is 6. The van der Waals surface area contributed by atoms with Crippen molar-refractivity contribution in [1.29, 1.82) is 0 Å². The van der Waals surface area contributed by atoms with E-state index in [9.17, 15) is 13.6 Å². The van der Waals surface area contributed by atoms with E-state index in [2.05, 4.69) is 41.4 Å². The number of hydrogen-bond acceptors (Lipinski definition) is 2. The van der Waals surface area contributed by atoms with Gasteiger partial charge in [0.1, 0.15) is 11.6 Å². The second-order valence-electron chi connectivity index (χ2n) is 8.67. The highest BCUT2D eigenvalue weighted by molar-refractivity contribution is 5.79. The number of carbonyl (C=O) groups excluding carboxylic acids is 1. The van der Waals surface area contributed by atoms with Crippen molar-refractivity contribution in [3.8, 4) is 0 Å². The van der Waals surface area contributed by atoms with Crippen molar-refractivity contribution in [2.45, 2.75) is 32.4 Å². The van der Waals surface area contributed by atoms with Gasteiger partial charge in [0.25, 0.3) is 0 Å². The average Bonchev–Trinajstić information content (AvgIpc) is 2.80. The minimum Gasteiger partial charge on any atom is -0.352 e. The summed E-state index contributed by atoms with van der Waals surface area (Å²) in [5.41, 5.74) is 3.91. The fraction of sp³-hybridized carbons (Fsp3) is 0.296. The maximum atomic E-state index is 14.0. The predicted octanol–water partition coefficient (Wildman–Crippen LogP) is 5.20. The monoisotopic (exact) mass is 434 g/mol. The van der Waals surface area contributed by atoms with Crippen LogP contribution in [-0.4, -0.2) is 23.9 Å². The molecule has 0 saturated carbocycles. The van der Waals surface area contributed by atoms with Crippen molar-refractivity contribution in [3.63, 3.8) is 0 Å². The molecule has 3 aromatic rings. The Hall–Kier alpha value is -3.05. The number of likely N-dealkylation sites (tertiary alicyclic amines) is 1. The van der Waals surface area contributed by atoms with E-state index in [1.807, 2.05) is 0 Å². The van der Waals surface area contributed by atoms with Gasteiger partial charge in [-0.3, -0.25) is 9.69 Å². The van der Waals surface area contributed by atoms with Crippen LogP contribution in [0, 0.1) is 24.5 Å². The molecule has 0 aromatic heterocycles. The Kier molecular flexibility index (Phi) is 6.96. The van der Waals surface area contributed by atoms with Crippen molar-refractivity contribution in [1.82, 2.24) is 10.2 Å². The lowest BCUT2D eigenvalue weighted by atomic mass is 9.83. The number of piperidine rings is 1. The summed E-state index contributed by atoms with van der Waals surface area (Å²) >= 11 is 0. The first kappa shape index (κ1) is 22.2. The van der Waals surface area contributed by atoms with Gasteiger partial charge in [0.15, 0.2) is 0 Å². The molecule has 166 valence electrons. The first-order valence-corrected chi connectivity index (χ1v) is 11.0. The second kappa shape index (κ2) is 10.0. The van der Waals surface area contributed by atoms with Crippen molar-refractivity contribution >= 4 is 5.91 Å². The molecule has 0 spiro atoms. The Morgan fingerprint density at radius 3 is 2.53 bits per heavy atom. The number of nitrogens with one attached hydrogen (secondary N) is 1. The SMILES string of the molecule is Cc1cccc(C2CC(C(=O)NCc3ccccc3F)CN(Cc3ccc(F)cc3)C2)c1. The predicted molar refractivity (Wildman–Crippen MR) is 122 cm³/mol. The Balaban J connectivity index is 1.49. The van der Waals surface area contributed by atoms with E-state index in [1.54, 1.807) is 30.3 Å². The summed E-state index contributed by atoms with van der Waals surface area (Å²) in [7, 11) is 0. The van der Waals surface area contributed by atoms with Gasteiger partial charge in [0.05, 0.1) is 5.92 Å². The van der Waals surface area contributed by atoms with Crippen LogP contribution in [0.5, 0.6) is 0 Å². The lowest BCUT2D eigenvalue weighted by Crippen LogP contribution is -2.45. The maximum Gasteiger partial charge on any atom is 0.224 e. The highest BCUT2D eigenvalue weighted by Crippen LogP contribution is 2.32. The smallest absolute Gasteiger partial charge is 0.224 e. The molecule has 2 unspecified atom stereocenters. The molecular weight excluding hydrogens is 406 g/mol. The van der Waals surface area contributed by atoms with Gasteiger partial charge in [-0.1, -0.05) is 60.2 Å². The van der Waals surface area contributed by atoms with Crippen molar-refractivity contribution in [3.05, 3.63) is 107 Å². The molecule has 1 heterocycles. The van der Waals surface area contributed by atoms with E-state index in [-0.39, 0.29) is 35.9 Å². The van der Waals surface area contributed by atoms with Gasteiger partial charge >= 0.3 is 0 Å². The number of benzene rings is 3. The zero-order valence-electron chi connectivity index (χ0n) is 18.2. The fourth-order valence-electron chi connectivity index (χ4n) is 4.49. The molecule has 3 nitrogen and oxygen atoms in total. The quantitative estimate of drug-likeness (QED) is 0.579. The van der Waals surface area contributed by atoms with Crippen LogP contribution >= 0.6 is 0 Å². The number of aryl methyl sites for hydroxylation is 1. The van der Waals surface area contributed by atoms with Crippen LogP contribution in [-0.2, 0) is 17.9 Å². The van der Waals surface area contributed by atoms with Crippen LogP contribution in [0.1, 0.15) is 34.6 Å². The second-order valence-corrected chi connectivity index (χ2v) is 8.67. The Bertz CT molecular complexity index is 1070. The van der Waals surface area contributed by atoms with Gasteiger partial charge in [0.2, 0.25) is 5.91 Å². The lowest BCUT2D eigenvalue weighted by molar-refractivity contribution is -0.127. The molecule has 1 aliphatic rings. The molecule has 1 amide bonds. The molecule has 32 heavy (non-hydrogen) atoms.